The number of nitrogens with zero attached hydrogens (tertiary/aromatic N) is 5. The highest BCUT2D eigenvalue weighted by atomic mass is 15.1. The molecule has 0 spiro atoms. The molecule has 21 heavy (non-hydrogen) atoms. The van der Waals surface area contributed by atoms with Gasteiger partial charge in [-0.15, -0.1) is 0 Å². The number of aryl methyl sites for hydroxylation is 2. The van der Waals surface area contributed by atoms with Gasteiger partial charge in [-0.3, -0.25) is 0 Å². The standard InChI is InChI=1S/C15H18N6/c1-11(2)14-17-5-3-13(20-14)15-18-6-8-21(15)7-4-12-9-16-10-19-12/h3,5-6,8-11H,4,7H2,1-2H3,(H,16,19). The van der Waals surface area contributed by atoms with Gasteiger partial charge in [-0.2, -0.15) is 0 Å². The lowest BCUT2D eigenvalue weighted by Crippen LogP contribution is -2.05. The van der Waals surface area contributed by atoms with Crippen molar-refractivity contribution in [2.45, 2.75) is 32.7 Å². The maximum absolute atomic E-state index is 4.61. The van der Waals surface area contributed by atoms with Crippen LogP contribution in [0.15, 0.2) is 37.2 Å². The highest BCUT2D eigenvalue weighted by Crippen LogP contribution is 2.17. The van der Waals surface area contributed by atoms with Gasteiger partial charge in [0.15, 0.2) is 5.82 Å². The van der Waals surface area contributed by atoms with E-state index in [1.807, 2.05) is 18.5 Å². The third-order valence-electron chi connectivity index (χ3n) is 3.31. The van der Waals surface area contributed by atoms with Crippen molar-refractivity contribution in [3.05, 3.63) is 48.7 Å². The fraction of sp³-hybridized carbons (Fsp3) is 0.333. The number of hydrogen-bond donors (Lipinski definition) is 1. The van der Waals surface area contributed by atoms with Crippen molar-refractivity contribution in [1.29, 1.82) is 0 Å². The Morgan fingerprint density at radius 1 is 1.24 bits per heavy atom. The molecule has 0 amide bonds. The second kappa shape index (κ2) is 5.87. The number of hydrogen-bond acceptors (Lipinski definition) is 4. The number of aromatic amines is 1. The Bertz CT molecular complexity index is 699. The van der Waals surface area contributed by atoms with Gasteiger partial charge in [-0.25, -0.2) is 19.9 Å². The Balaban J connectivity index is 1.83. The van der Waals surface area contributed by atoms with Gasteiger partial charge < -0.3 is 9.55 Å². The van der Waals surface area contributed by atoms with E-state index < -0.39 is 0 Å². The van der Waals surface area contributed by atoms with Crippen LogP contribution in [0.25, 0.3) is 11.5 Å². The normalized spacial score (nSPS) is 11.2. The molecule has 3 heterocycles. The van der Waals surface area contributed by atoms with Gasteiger partial charge in [0.25, 0.3) is 0 Å². The number of nitrogens with one attached hydrogen (secondary N) is 1. The summed E-state index contributed by atoms with van der Waals surface area (Å²) in [6.45, 7) is 5.01. The molecular weight excluding hydrogens is 264 g/mol. The van der Waals surface area contributed by atoms with Gasteiger partial charge in [-0.05, 0) is 6.07 Å². The van der Waals surface area contributed by atoms with Crippen molar-refractivity contribution in [3.63, 3.8) is 0 Å². The summed E-state index contributed by atoms with van der Waals surface area (Å²) < 4.78 is 2.10. The van der Waals surface area contributed by atoms with Crippen molar-refractivity contribution < 1.29 is 0 Å². The lowest BCUT2D eigenvalue weighted by atomic mass is 10.2. The van der Waals surface area contributed by atoms with Crippen LogP contribution in [0, 0.1) is 0 Å². The summed E-state index contributed by atoms with van der Waals surface area (Å²) in [5, 5.41) is 0. The Labute approximate surface area is 123 Å². The highest BCUT2D eigenvalue weighted by molar-refractivity contribution is 5.49. The van der Waals surface area contributed by atoms with E-state index in [2.05, 4.69) is 43.3 Å². The first-order valence-corrected chi connectivity index (χ1v) is 7.05. The molecule has 6 heteroatoms. The summed E-state index contributed by atoms with van der Waals surface area (Å²) >= 11 is 0. The van der Waals surface area contributed by atoms with Crippen LogP contribution in [0.5, 0.6) is 0 Å². The Morgan fingerprint density at radius 2 is 2.14 bits per heavy atom. The van der Waals surface area contributed by atoms with E-state index in [-0.39, 0.29) is 0 Å². The first-order valence-electron chi connectivity index (χ1n) is 7.05. The molecule has 0 radical (unpaired) electrons. The van der Waals surface area contributed by atoms with Gasteiger partial charge in [0.05, 0.1) is 6.33 Å². The van der Waals surface area contributed by atoms with Crippen LogP contribution in [0.1, 0.15) is 31.3 Å². The zero-order valence-electron chi connectivity index (χ0n) is 12.2. The Hall–Kier alpha value is -2.50. The molecule has 0 unspecified atom stereocenters. The predicted molar refractivity (Wildman–Crippen MR) is 79.6 cm³/mol. The summed E-state index contributed by atoms with van der Waals surface area (Å²) in [6, 6.07) is 1.90. The minimum absolute atomic E-state index is 0.304. The van der Waals surface area contributed by atoms with Gasteiger partial charge in [-0.1, -0.05) is 13.8 Å². The fourth-order valence-corrected chi connectivity index (χ4v) is 2.16. The number of aromatic nitrogens is 6. The first kappa shape index (κ1) is 13.5. The molecule has 0 aliphatic heterocycles. The second-order valence-electron chi connectivity index (χ2n) is 5.23. The molecule has 0 aromatic carbocycles. The molecule has 0 aliphatic rings. The molecule has 108 valence electrons. The van der Waals surface area contributed by atoms with Crippen molar-refractivity contribution in [2.75, 3.05) is 0 Å². The average molecular weight is 282 g/mol. The quantitative estimate of drug-likeness (QED) is 0.780. The number of H-pyrrole nitrogens is 1. The third-order valence-corrected chi connectivity index (χ3v) is 3.31. The molecule has 0 bridgehead atoms. The van der Waals surface area contributed by atoms with Gasteiger partial charge >= 0.3 is 0 Å². The summed E-state index contributed by atoms with van der Waals surface area (Å²) in [5.41, 5.74) is 1.98. The van der Waals surface area contributed by atoms with Crippen molar-refractivity contribution >= 4 is 0 Å². The average Bonchev–Trinajstić information content (AvgIpc) is 3.16. The van der Waals surface area contributed by atoms with Crippen LogP contribution in [0.3, 0.4) is 0 Å². The molecule has 3 rings (SSSR count). The van der Waals surface area contributed by atoms with E-state index in [9.17, 15) is 0 Å². The van der Waals surface area contributed by atoms with Crippen LogP contribution in [-0.2, 0) is 13.0 Å². The summed E-state index contributed by atoms with van der Waals surface area (Å²) in [4.78, 5) is 20.5. The Morgan fingerprint density at radius 3 is 2.90 bits per heavy atom. The van der Waals surface area contributed by atoms with Crippen molar-refractivity contribution in [1.82, 2.24) is 29.5 Å². The van der Waals surface area contributed by atoms with E-state index in [0.29, 0.717) is 5.92 Å². The molecule has 6 nitrogen and oxygen atoms in total. The van der Waals surface area contributed by atoms with Crippen LogP contribution >= 0.6 is 0 Å². The second-order valence-corrected chi connectivity index (χ2v) is 5.23. The topological polar surface area (TPSA) is 72.3 Å². The third kappa shape index (κ3) is 2.99. The van der Waals surface area contributed by atoms with Crippen LogP contribution in [0.2, 0.25) is 0 Å². The minimum atomic E-state index is 0.304. The SMILES string of the molecule is CC(C)c1nccc(-c2nccn2CCc2cnc[nH]2)n1. The largest absolute Gasteiger partial charge is 0.348 e. The van der Waals surface area contributed by atoms with E-state index >= 15 is 0 Å². The number of imidazole rings is 2. The molecule has 0 atom stereocenters. The monoisotopic (exact) mass is 282 g/mol. The predicted octanol–water partition coefficient (Wildman–Crippen LogP) is 2.43. The van der Waals surface area contributed by atoms with Crippen molar-refractivity contribution in [3.8, 4) is 11.5 Å². The molecule has 0 aliphatic carbocycles. The van der Waals surface area contributed by atoms with Crippen LogP contribution < -0.4 is 0 Å². The van der Waals surface area contributed by atoms with Crippen LogP contribution in [-0.4, -0.2) is 29.5 Å². The van der Waals surface area contributed by atoms with E-state index in [0.717, 1.165) is 36.0 Å². The lowest BCUT2D eigenvalue weighted by molar-refractivity contribution is 0.690. The van der Waals surface area contributed by atoms with E-state index in [1.165, 1.54) is 0 Å². The molecule has 0 saturated carbocycles. The van der Waals surface area contributed by atoms with Gasteiger partial charge in [0.2, 0.25) is 0 Å². The van der Waals surface area contributed by atoms with Gasteiger partial charge in [0.1, 0.15) is 11.5 Å². The molecule has 0 saturated heterocycles. The summed E-state index contributed by atoms with van der Waals surface area (Å²) in [7, 11) is 0. The van der Waals surface area contributed by atoms with E-state index in [1.54, 1.807) is 18.7 Å². The maximum Gasteiger partial charge on any atom is 0.158 e. The smallest absolute Gasteiger partial charge is 0.158 e. The zero-order chi connectivity index (χ0) is 14.7. The minimum Gasteiger partial charge on any atom is -0.348 e. The van der Waals surface area contributed by atoms with Gasteiger partial charge in [0, 0.05) is 49.4 Å². The molecule has 3 aromatic heterocycles. The first-order chi connectivity index (χ1) is 10.2. The maximum atomic E-state index is 4.61. The highest BCUT2D eigenvalue weighted by Gasteiger charge is 2.10. The zero-order valence-corrected chi connectivity index (χ0v) is 12.2. The van der Waals surface area contributed by atoms with Crippen molar-refractivity contribution in [2.24, 2.45) is 0 Å². The summed E-state index contributed by atoms with van der Waals surface area (Å²) in [5.74, 6) is 2.02. The Kier molecular flexibility index (Phi) is 3.77. The lowest BCUT2D eigenvalue weighted by Gasteiger charge is -2.08. The fourth-order valence-electron chi connectivity index (χ4n) is 2.16. The molecular formula is C15H18N6. The van der Waals surface area contributed by atoms with E-state index in [4.69, 9.17) is 0 Å². The molecule has 1 N–H and O–H groups in total. The van der Waals surface area contributed by atoms with Crippen LogP contribution in [0.4, 0.5) is 0 Å². The number of rotatable bonds is 5. The summed E-state index contributed by atoms with van der Waals surface area (Å²) in [6.07, 6.45) is 10.0. The molecule has 3 aromatic rings. The molecule has 0 fully saturated rings.